The zero-order valence-corrected chi connectivity index (χ0v) is 20.0. The second kappa shape index (κ2) is 10.2. The number of fused-ring (bicyclic) bond motifs is 1. The van der Waals surface area contributed by atoms with Gasteiger partial charge in [-0.2, -0.15) is 0 Å². The van der Waals surface area contributed by atoms with Crippen LogP contribution in [0.15, 0.2) is 41.3 Å². The minimum Gasteiger partial charge on any atom is -0.494 e. The molecule has 0 spiro atoms. The number of sulfonamides is 1. The Labute approximate surface area is 194 Å². The number of hydrogen-bond acceptors (Lipinski definition) is 6. The van der Waals surface area contributed by atoms with Crippen molar-refractivity contribution in [1.82, 2.24) is 14.9 Å². The first-order valence-corrected chi connectivity index (χ1v) is 12.1. The number of ether oxygens (including phenoxy) is 2. The third-order valence-corrected chi connectivity index (χ3v) is 6.95. The van der Waals surface area contributed by atoms with E-state index in [1.54, 1.807) is 0 Å². The predicted octanol–water partition coefficient (Wildman–Crippen LogP) is 1.71. The summed E-state index contributed by atoms with van der Waals surface area (Å²) < 4.78 is 37.1. The largest absolute Gasteiger partial charge is 0.494 e. The van der Waals surface area contributed by atoms with Crippen molar-refractivity contribution in [1.29, 1.82) is 0 Å². The van der Waals surface area contributed by atoms with Crippen molar-refractivity contribution in [2.24, 2.45) is 0 Å². The fourth-order valence-corrected chi connectivity index (χ4v) is 4.39. The quantitative estimate of drug-likeness (QED) is 0.571. The van der Waals surface area contributed by atoms with Gasteiger partial charge in [0.05, 0.1) is 18.0 Å². The summed E-state index contributed by atoms with van der Waals surface area (Å²) in [4.78, 5) is 24.8. The van der Waals surface area contributed by atoms with Gasteiger partial charge in [0.1, 0.15) is 17.6 Å². The molecule has 0 radical (unpaired) electrons. The number of nitrogens with one attached hydrogen (secondary N) is 2. The first-order chi connectivity index (χ1) is 15.6. The molecule has 1 aliphatic heterocycles. The van der Waals surface area contributed by atoms with Crippen LogP contribution >= 0.6 is 0 Å². The first kappa shape index (κ1) is 24.5. The van der Waals surface area contributed by atoms with Gasteiger partial charge < -0.3 is 20.1 Å². The zero-order chi connectivity index (χ0) is 24.2. The lowest BCUT2D eigenvalue weighted by Crippen LogP contribution is -2.36. The van der Waals surface area contributed by atoms with E-state index in [9.17, 15) is 18.0 Å². The van der Waals surface area contributed by atoms with E-state index in [0.717, 1.165) is 27.6 Å². The average molecular weight is 476 g/mol. The van der Waals surface area contributed by atoms with E-state index in [-0.39, 0.29) is 29.7 Å². The number of rotatable bonds is 9. The van der Waals surface area contributed by atoms with Crippen LogP contribution in [-0.2, 0) is 27.8 Å². The summed E-state index contributed by atoms with van der Waals surface area (Å²) in [5, 5.41) is 5.28. The number of amides is 2. The maximum atomic E-state index is 12.4. The molecule has 1 atom stereocenters. The predicted molar refractivity (Wildman–Crippen MR) is 123 cm³/mol. The maximum Gasteiger partial charge on any atom is 0.251 e. The van der Waals surface area contributed by atoms with Gasteiger partial charge in [0.15, 0.2) is 0 Å². The van der Waals surface area contributed by atoms with Crippen LogP contribution in [-0.4, -0.2) is 57.9 Å². The minimum absolute atomic E-state index is 0.00111. The molecule has 1 unspecified atom stereocenters. The van der Waals surface area contributed by atoms with Crippen LogP contribution < -0.4 is 20.1 Å². The molecule has 0 saturated heterocycles. The lowest BCUT2D eigenvalue weighted by Gasteiger charge is -2.14. The van der Waals surface area contributed by atoms with Gasteiger partial charge in [0, 0.05) is 43.8 Å². The Morgan fingerprint density at radius 2 is 1.94 bits per heavy atom. The normalized spacial score (nSPS) is 15.0. The molecule has 2 N–H and O–H groups in total. The van der Waals surface area contributed by atoms with Gasteiger partial charge in [-0.15, -0.1) is 0 Å². The summed E-state index contributed by atoms with van der Waals surface area (Å²) in [7, 11) is -0.841. The van der Waals surface area contributed by atoms with Crippen molar-refractivity contribution in [3.63, 3.8) is 0 Å². The molecule has 0 aliphatic carbocycles. The molecular weight excluding hydrogens is 446 g/mol. The smallest absolute Gasteiger partial charge is 0.251 e. The van der Waals surface area contributed by atoms with E-state index in [2.05, 4.69) is 10.6 Å². The lowest BCUT2D eigenvalue weighted by molar-refractivity contribution is -0.120. The van der Waals surface area contributed by atoms with Crippen molar-refractivity contribution in [3.8, 4) is 11.5 Å². The van der Waals surface area contributed by atoms with E-state index >= 15 is 0 Å². The molecule has 3 rings (SSSR count). The Balaban J connectivity index is 1.59. The Hall–Kier alpha value is -3.11. The average Bonchev–Trinajstić information content (AvgIpc) is 3.14. The lowest BCUT2D eigenvalue weighted by atomic mass is 10.1. The van der Waals surface area contributed by atoms with Gasteiger partial charge in [0.25, 0.3) is 5.91 Å². The summed E-state index contributed by atoms with van der Waals surface area (Å²) in [6, 6.07) is 9.48. The van der Waals surface area contributed by atoms with Crippen molar-refractivity contribution < 1.29 is 27.5 Å². The van der Waals surface area contributed by atoms with E-state index in [1.165, 1.54) is 38.4 Å². The molecule has 2 aromatic rings. The monoisotopic (exact) mass is 475 g/mol. The van der Waals surface area contributed by atoms with Crippen molar-refractivity contribution in [3.05, 3.63) is 53.1 Å². The van der Waals surface area contributed by atoms with Crippen LogP contribution in [0.3, 0.4) is 0 Å². The molecule has 33 heavy (non-hydrogen) atoms. The van der Waals surface area contributed by atoms with Crippen LogP contribution in [0.4, 0.5) is 0 Å². The van der Waals surface area contributed by atoms with Gasteiger partial charge in [-0.3, -0.25) is 9.59 Å². The molecule has 0 bridgehead atoms. The maximum absolute atomic E-state index is 12.4. The Bertz CT molecular complexity index is 1150. The van der Waals surface area contributed by atoms with Crippen LogP contribution in [0, 0.1) is 0 Å². The first-order valence-electron chi connectivity index (χ1n) is 10.6. The topological polar surface area (TPSA) is 114 Å². The highest BCUT2D eigenvalue weighted by molar-refractivity contribution is 7.89. The summed E-state index contributed by atoms with van der Waals surface area (Å²) in [5.41, 5.74) is 2.01. The molecule has 2 aromatic carbocycles. The van der Waals surface area contributed by atoms with Crippen molar-refractivity contribution >= 4 is 21.8 Å². The third-order valence-electron chi connectivity index (χ3n) is 5.14. The van der Waals surface area contributed by atoms with Gasteiger partial charge in [-0.05, 0) is 44.2 Å². The summed E-state index contributed by atoms with van der Waals surface area (Å²) >= 11 is 0. The molecule has 0 aromatic heterocycles. The Morgan fingerprint density at radius 1 is 1.18 bits per heavy atom. The van der Waals surface area contributed by atoms with Crippen molar-refractivity contribution in [2.75, 3.05) is 27.2 Å². The summed E-state index contributed by atoms with van der Waals surface area (Å²) in [6.07, 6.45) is 0.909. The van der Waals surface area contributed by atoms with Gasteiger partial charge in [-0.25, -0.2) is 12.7 Å². The number of benzene rings is 2. The molecule has 10 heteroatoms. The zero-order valence-electron chi connectivity index (χ0n) is 19.2. The van der Waals surface area contributed by atoms with Crippen LogP contribution in [0.5, 0.6) is 11.5 Å². The Kier molecular flexibility index (Phi) is 7.60. The van der Waals surface area contributed by atoms with Crippen LogP contribution in [0.2, 0.25) is 0 Å². The van der Waals surface area contributed by atoms with Crippen molar-refractivity contribution in [2.45, 2.75) is 37.8 Å². The second-order valence-electron chi connectivity index (χ2n) is 7.91. The molecule has 2 amide bonds. The molecule has 1 aliphatic rings. The van der Waals surface area contributed by atoms with Gasteiger partial charge >= 0.3 is 0 Å². The number of hydrogen-bond donors (Lipinski definition) is 2. The van der Waals surface area contributed by atoms with Gasteiger partial charge in [0.2, 0.25) is 15.9 Å². The second-order valence-corrected chi connectivity index (χ2v) is 10.1. The SMILES string of the molecule is CCOc1cc2c(cc1CNC(=O)CNC(=O)c1cccc(S(=O)(=O)N(C)C)c1)OC(C)C2. The van der Waals surface area contributed by atoms with E-state index in [4.69, 9.17) is 9.47 Å². The number of nitrogens with zero attached hydrogens (tertiary/aromatic N) is 1. The molecule has 178 valence electrons. The third kappa shape index (κ3) is 5.82. The van der Waals surface area contributed by atoms with Crippen LogP contribution in [0.25, 0.3) is 0 Å². The molecule has 0 fully saturated rings. The molecule has 0 saturated carbocycles. The fourth-order valence-electron chi connectivity index (χ4n) is 3.44. The molecular formula is C23H29N3O6S. The highest BCUT2D eigenvalue weighted by Crippen LogP contribution is 2.35. The summed E-state index contributed by atoms with van der Waals surface area (Å²) in [5.74, 6) is 0.543. The van der Waals surface area contributed by atoms with Gasteiger partial charge in [-0.1, -0.05) is 6.07 Å². The summed E-state index contributed by atoms with van der Waals surface area (Å²) in [6.45, 7) is 4.34. The minimum atomic E-state index is -3.67. The number of carbonyl (C=O) groups excluding carboxylic acids is 2. The van der Waals surface area contributed by atoms with E-state index in [0.29, 0.717) is 12.4 Å². The number of carbonyl (C=O) groups is 2. The fraction of sp³-hybridized carbons (Fsp3) is 0.391. The standard InChI is InChI=1S/C23H29N3O6S/c1-5-31-20-11-17-9-15(2)32-21(17)12-18(20)13-24-22(27)14-25-23(28)16-7-6-8-19(10-16)33(29,30)26(3)4/h6-8,10-12,15H,5,9,13-14H2,1-4H3,(H,24,27)(H,25,28). The Morgan fingerprint density at radius 3 is 2.64 bits per heavy atom. The molecule has 9 nitrogen and oxygen atoms in total. The highest BCUT2D eigenvalue weighted by atomic mass is 32.2. The molecule has 1 heterocycles. The highest BCUT2D eigenvalue weighted by Gasteiger charge is 2.22. The van der Waals surface area contributed by atoms with Crippen LogP contribution in [0.1, 0.15) is 35.3 Å². The van der Waals surface area contributed by atoms with E-state index < -0.39 is 21.8 Å². The van der Waals surface area contributed by atoms with E-state index in [1.807, 2.05) is 26.0 Å².